The second kappa shape index (κ2) is 10.3. The zero-order valence-corrected chi connectivity index (χ0v) is 24.1. The molecule has 0 unspecified atom stereocenters. The molecule has 2 aromatic carbocycles. The molecule has 42 heavy (non-hydrogen) atoms. The van der Waals surface area contributed by atoms with Gasteiger partial charge in [0.05, 0.1) is 17.4 Å². The number of aromatic nitrogens is 4. The first kappa shape index (κ1) is 29.5. The maximum Gasteiger partial charge on any atom is 0.416 e. The first-order valence-electron chi connectivity index (χ1n) is 13.1. The Kier molecular flexibility index (Phi) is 7.26. The van der Waals surface area contributed by atoms with Gasteiger partial charge in [0.1, 0.15) is 6.54 Å². The number of hydrogen-bond acceptors (Lipinski definition) is 6. The van der Waals surface area contributed by atoms with Crippen molar-refractivity contribution < 1.29 is 26.4 Å². The first-order chi connectivity index (χ1) is 19.6. The Labute approximate surface area is 239 Å². The quantitative estimate of drug-likeness (QED) is 0.312. The van der Waals surface area contributed by atoms with Crippen LogP contribution in [0.5, 0.6) is 0 Å². The highest BCUT2D eigenvalue weighted by atomic mass is 32.2. The lowest BCUT2D eigenvalue weighted by molar-refractivity contribution is -0.137. The fourth-order valence-corrected chi connectivity index (χ4v) is 6.14. The summed E-state index contributed by atoms with van der Waals surface area (Å²) >= 11 is 0. The number of carbonyl (C=O) groups is 1. The molecule has 0 saturated heterocycles. The van der Waals surface area contributed by atoms with Gasteiger partial charge in [0.25, 0.3) is 5.56 Å². The lowest BCUT2D eigenvalue weighted by Crippen LogP contribution is -2.33. The van der Waals surface area contributed by atoms with Crippen LogP contribution in [0.4, 0.5) is 18.9 Å². The predicted octanol–water partition coefficient (Wildman–Crippen LogP) is 4.19. The van der Waals surface area contributed by atoms with E-state index < -0.39 is 33.2 Å². The van der Waals surface area contributed by atoms with Gasteiger partial charge in [-0.2, -0.15) is 22.7 Å². The molecule has 0 spiro atoms. The number of rotatable bonds is 8. The molecule has 14 heteroatoms. The highest BCUT2D eigenvalue weighted by Crippen LogP contribution is 2.46. The van der Waals surface area contributed by atoms with Crippen LogP contribution < -0.4 is 15.6 Å². The second-order valence-electron chi connectivity index (χ2n) is 10.8. The Balaban J connectivity index is 1.48. The molecule has 222 valence electrons. The van der Waals surface area contributed by atoms with Gasteiger partial charge < -0.3 is 9.88 Å². The summed E-state index contributed by atoms with van der Waals surface area (Å²) in [6.07, 6.45) is -2.02. The Morgan fingerprint density at radius 2 is 1.69 bits per heavy atom. The van der Waals surface area contributed by atoms with Gasteiger partial charge in [0.2, 0.25) is 21.7 Å². The van der Waals surface area contributed by atoms with Gasteiger partial charge in [-0.15, -0.1) is 5.10 Å². The van der Waals surface area contributed by atoms with E-state index in [9.17, 15) is 31.2 Å². The number of alkyl halides is 3. The zero-order chi connectivity index (χ0) is 30.6. The van der Waals surface area contributed by atoms with Crippen LogP contribution >= 0.6 is 0 Å². The van der Waals surface area contributed by atoms with E-state index in [4.69, 9.17) is 0 Å². The number of anilines is 1. The minimum absolute atomic E-state index is 0.126. The fraction of sp³-hybridized carbons (Fsp3) is 0.357. The smallest absolute Gasteiger partial charge is 0.325 e. The van der Waals surface area contributed by atoms with Crippen LogP contribution in [-0.2, 0) is 33.1 Å². The Bertz CT molecular complexity index is 1840. The van der Waals surface area contributed by atoms with Gasteiger partial charge >= 0.3 is 6.18 Å². The maximum atomic E-state index is 13.4. The summed E-state index contributed by atoms with van der Waals surface area (Å²) in [5.41, 5.74) is 0.700. The van der Waals surface area contributed by atoms with Crippen molar-refractivity contribution in [1.29, 1.82) is 0 Å². The summed E-state index contributed by atoms with van der Waals surface area (Å²) in [5.74, 6) is -0.368. The summed E-state index contributed by atoms with van der Waals surface area (Å²) in [4.78, 5) is 31.0. The predicted molar refractivity (Wildman–Crippen MR) is 150 cm³/mol. The van der Waals surface area contributed by atoms with Crippen LogP contribution in [0.2, 0.25) is 0 Å². The number of nitrogens with one attached hydrogen (secondary N) is 2. The van der Waals surface area contributed by atoms with Crippen LogP contribution in [0.3, 0.4) is 0 Å². The molecule has 1 amide bonds. The average molecular weight is 603 g/mol. The third-order valence-corrected chi connectivity index (χ3v) is 8.01. The van der Waals surface area contributed by atoms with Crippen molar-refractivity contribution in [2.75, 3.05) is 11.6 Å². The lowest BCUT2D eigenvalue weighted by atomic mass is 10.0. The monoisotopic (exact) mass is 602 g/mol. The van der Waals surface area contributed by atoms with E-state index in [2.05, 4.69) is 20.1 Å². The molecule has 10 nitrogen and oxygen atoms in total. The normalized spacial score (nSPS) is 14.9. The largest absolute Gasteiger partial charge is 0.416 e. The molecule has 0 bridgehead atoms. The minimum Gasteiger partial charge on any atom is -0.325 e. The number of sulfonamides is 1. The molecule has 1 aliphatic rings. The molecule has 1 saturated carbocycles. The summed E-state index contributed by atoms with van der Waals surface area (Å²) in [5, 5.41) is 7.03. The van der Waals surface area contributed by atoms with Crippen molar-refractivity contribution >= 4 is 27.4 Å². The topological polar surface area (TPSA) is 127 Å². The minimum atomic E-state index is -4.49. The Hall–Kier alpha value is -4.04. The molecule has 2 heterocycles. The van der Waals surface area contributed by atoms with Crippen LogP contribution in [0.25, 0.3) is 17.2 Å². The number of amides is 1. The van der Waals surface area contributed by atoms with Crippen molar-refractivity contribution in [1.82, 2.24) is 23.9 Å². The van der Waals surface area contributed by atoms with Crippen LogP contribution in [-0.4, -0.2) is 39.7 Å². The van der Waals surface area contributed by atoms with Crippen molar-refractivity contribution in [3.05, 3.63) is 81.3 Å². The molecule has 0 aliphatic heterocycles. The average Bonchev–Trinajstić information content (AvgIpc) is 3.51. The van der Waals surface area contributed by atoms with E-state index in [1.165, 1.54) is 12.1 Å². The van der Waals surface area contributed by atoms with E-state index >= 15 is 0 Å². The van der Waals surface area contributed by atoms with Gasteiger partial charge in [-0.1, -0.05) is 38.1 Å². The summed E-state index contributed by atoms with van der Waals surface area (Å²) in [6.45, 7) is 5.12. The second-order valence-corrected chi connectivity index (χ2v) is 12.6. The van der Waals surface area contributed by atoms with E-state index in [0.29, 0.717) is 29.7 Å². The number of nitrogens with zero attached hydrogens (tertiary/aromatic N) is 4. The molecule has 2 N–H and O–H groups in total. The molecule has 2 aromatic heterocycles. The molecule has 5 rings (SSSR count). The van der Waals surface area contributed by atoms with Gasteiger partial charge in [0, 0.05) is 22.5 Å². The number of carbonyl (C=O) groups excluding carboxylic acids is 1. The SMILES string of the molecule is Cc1c(C(C)C)c(=O)n2nc(-c3ccc(C4(NS(C)(=O)=O)CC4)cc3)nc2n1CC(=O)Nc1ccc(C(F)(F)F)cc1. The molecule has 0 radical (unpaired) electrons. The third-order valence-electron chi connectivity index (χ3n) is 7.25. The maximum absolute atomic E-state index is 13.4. The number of benzene rings is 2. The van der Waals surface area contributed by atoms with Gasteiger partial charge in [0.15, 0.2) is 5.82 Å². The van der Waals surface area contributed by atoms with Crippen molar-refractivity contribution in [2.45, 2.75) is 57.8 Å². The molecule has 1 fully saturated rings. The Morgan fingerprint density at radius 1 is 1.07 bits per heavy atom. The van der Waals surface area contributed by atoms with Gasteiger partial charge in [-0.3, -0.25) is 9.59 Å². The number of fused-ring (bicyclic) bond motifs is 1. The molecular formula is C28H29F3N6O4S. The molecule has 4 aromatic rings. The van der Waals surface area contributed by atoms with E-state index in [-0.39, 0.29) is 35.3 Å². The molecule has 0 atom stereocenters. The lowest BCUT2D eigenvalue weighted by Gasteiger charge is -2.17. The van der Waals surface area contributed by atoms with E-state index in [1.807, 2.05) is 13.8 Å². The molecular weight excluding hydrogens is 573 g/mol. The van der Waals surface area contributed by atoms with Crippen LogP contribution in [0.1, 0.15) is 55.0 Å². The van der Waals surface area contributed by atoms with Crippen LogP contribution in [0, 0.1) is 6.92 Å². The van der Waals surface area contributed by atoms with Gasteiger partial charge in [-0.25, -0.2) is 13.1 Å². The highest BCUT2D eigenvalue weighted by Gasteiger charge is 2.46. The number of hydrogen-bond donors (Lipinski definition) is 2. The standard InChI is InChI=1S/C28H29F3N6O4S/c1-16(2)23-17(3)36(15-22(38)32-21-11-9-20(10-12-21)28(29,30)31)26-33-24(34-37(26)25(23)39)18-5-7-19(8-6-18)27(13-14-27)35-42(4,40)41/h5-12,16,35H,13-15H2,1-4H3,(H,32,38). The van der Waals surface area contributed by atoms with Gasteiger partial charge in [-0.05, 0) is 55.5 Å². The summed E-state index contributed by atoms with van der Waals surface area (Å²) < 4.78 is 67.7. The Morgan fingerprint density at radius 3 is 2.21 bits per heavy atom. The zero-order valence-electron chi connectivity index (χ0n) is 23.3. The number of halogens is 3. The van der Waals surface area contributed by atoms with Crippen LogP contribution in [0.15, 0.2) is 53.3 Å². The molecule has 1 aliphatic carbocycles. The van der Waals surface area contributed by atoms with Crippen molar-refractivity contribution in [3.8, 4) is 11.4 Å². The first-order valence-corrected chi connectivity index (χ1v) is 15.0. The third kappa shape index (κ3) is 5.81. The van der Waals surface area contributed by atoms with Crippen molar-refractivity contribution in [2.24, 2.45) is 0 Å². The van der Waals surface area contributed by atoms with E-state index in [0.717, 1.165) is 28.5 Å². The summed E-state index contributed by atoms with van der Waals surface area (Å²) in [6, 6.07) is 11.2. The summed E-state index contributed by atoms with van der Waals surface area (Å²) in [7, 11) is -3.40. The van der Waals surface area contributed by atoms with E-state index in [1.54, 1.807) is 35.8 Å². The highest BCUT2D eigenvalue weighted by molar-refractivity contribution is 7.88. The van der Waals surface area contributed by atoms with Crippen molar-refractivity contribution in [3.63, 3.8) is 0 Å². The fourth-order valence-electron chi connectivity index (χ4n) is 5.11.